The highest BCUT2D eigenvalue weighted by Crippen LogP contribution is 2.26. The third kappa shape index (κ3) is 3.97. The molecule has 0 aliphatic heterocycles. The molecule has 0 aliphatic carbocycles. The number of rotatable bonds is 5. The number of carbonyl (C=O) groups excluding carboxylic acids is 1. The number of imidazole rings is 1. The molecule has 0 saturated carbocycles. The van der Waals surface area contributed by atoms with Crippen LogP contribution in [0.1, 0.15) is 16.1 Å². The molecule has 0 aliphatic rings. The van der Waals surface area contributed by atoms with Crippen LogP contribution < -0.4 is 9.46 Å². The largest absolute Gasteiger partial charge is 0.495 e. The van der Waals surface area contributed by atoms with Gasteiger partial charge in [-0.25, -0.2) is 26.9 Å². The molecular weight excluding hydrogens is 404 g/mol. The van der Waals surface area contributed by atoms with E-state index in [-0.39, 0.29) is 22.2 Å². The molecule has 29 heavy (non-hydrogen) atoms. The molecule has 10 heteroatoms. The Morgan fingerprint density at radius 3 is 2.45 bits per heavy atom. The van der Waals surface area contributed by atoms with Crippen LogP contribution in [0.4, 0.5) is 8.78 Å². The lowest BCUT2D eigenvalue weighted by Gasteiger charge is -2.10. The molecule has 2 aromatic carbocycles. The fraction of sp³-hybridized carbons (Fsp3) is 0.158. The molecule has 0 atom stereocenters. The second-order valence-corrected chi connectivity index (χ2v) is 7.90. The molecule has 0 fully saturated rings. The maximum Gasteiger partial charge on any atom is 0.285 e. The van der Waals surface area contributed by atoms with Crippen LogP contribution in [0.3, 0.4) is 0 Å². The van der Waals surface area contributed by atoms with Gasteiger partial charge in [-0.05, 0) is 36.8 Å². The zero-order chi connectivity index (χ0) is 21.3. The van der Waals surface area contributed by atoms with Crippen LogP contribution in [-0.2, 0) is 17.1 Å². The van der Waals surface area contributed by atoms with E-state index in [1.165, 1.54) is 43.1 Å². The summed E-state index contributed by atoms with van der Waals surface area (Å²) in [4.78, 5) is 16.2. The fourth-order valence-electron chi connectivity index (χ4n) is 2.75. The number of hydrogen-bond donors (Lipinski definition) is 1. The van der Waals surface area contributed by atoms with Crippen molar-refractivity contribution < 1.29 is 26.7 Å². The van der Waals surface area contributed by atoms with Gasteiger partial charge in [0.1, 0.15) is 33.8 Å². The highest BCUT2D eigenvalue weighted by Gasteiger charge is 2.25. The summed E-state index contributed by atoms with van der Waals surface area (Å²) >= 11 is 0. The van der Waals surface area contributed by atoms with Gasteiger partial charge in [0.05, 0.1) is 12.7 Å². The van der Waals surface area contributed by atoms with Crippen molar-refractivity contribution >= 4 is 15.9 Å². The number of ether oxygens (including phenoxy) is 1. The summed E-state index contributed by atoms with van der Waals surface area (Å²) < 4.78 is 61.5. The molecular formula is C19H17F2N3O4S. The van der Waals surface area contributed by atoms with Crippen molar-refractivity contribution in [2.45, 2.75) is 11.8 Å². The van der Waals surface area contributed by atoms with Gasteiger partial charge in [0.2, 0.25) is 0 Å². The van der Waals surface area contributed by atoms with Gasteiger partial charge in [-0.1, -0.05) is 12.1 Å². The van der Waals surface area contributed by atoms with E-state index in [9.17, 15) is 22.0 Å². The van der Waals surface area contributed by atoms with E-state index < -0.39 is 33.1 Å². The summed E-state index contributed by atoms with van der Waals surface area (Å²) in [5.41, 5.74) is 0.0327. The lowest BCUT2D eigenvalue weighted by molar-refractivity contribution is 0.0977. The van der Waals surface area contributed by atoms with Gasteiger partial charge in [0.15, 0.2) is 0 Å². The summed E-state index contributed by atoms with van der Waals surface area (Å²) in [5, 5.41) is 0. The lowest BCUT2D eigenvalue weighted by Crippen LogP contribution is -2.31. The Hall–Kier alpha value is -3.27. The van der Waals surface area contributed by atoms with Gasteiger partial charge in [-0.2, -0.15) is 0 Å². The Labute approximate surface area is 166 Å². The van der Waals surface area contributed by atoms with Crippen molar-refractivity contribution in [3.8, 4) is 17.1 Å². The number of benzene rings is 2. The maximum atomic E-state index is 14.0. The Kier molecular flexibility index (Phi) is 5.38. The predicted octanol–water partition coefficient (Wildman–Crippen LogP) is 2.80. The normalized spacial score (nSPS) is 11.3. The molecule has 3 rings (SSSR count). The van der Waals surface area contributed by atoms with E-state index >= 15 is 0 Å². The zero-order valence-electron chi connectivity index (χ0n) is 15.7. The number of methoxy groups -OCH3 is 1. The Morgan fingerprint density at radius 2 is 1.83 bits per heavy atom. The van der Waals surface area contributed by atoms with Gasteiger partial charge in [0, 0.05) is 13.2 Å². The van der Waals surface area contributed by atoms with E-state index in [1.54, 1.807) is 13.0 Å². The molecule has 0 bridgehead atoms. The highest BCUT2D eigenvalue weighted by molar-refractivity contribution is 7.90. The first-order valence-electron chi connectivity index (χ1n) is 8.33. The minimum atomic E-state index is -4.27. The van der Waals surface area contributed by atoms with Crippen LogP contribution in [0.15, 0.2) is 47.5 Å². The van der Waals surface area contributed by atoms with Crippen LogP contribution in [0.25, 0.3) is 11.4 Å². The first kappa shape index (κ1) is 20.5. The fourth-order valence-corrected chi connectivity index (χ4v) is 3.86. The standard InChI is InChI=1S/C19H17F2N3O4S/c1-11-7-8-16(15(9-11)28-3)29(26,27)23-19(25)14-10-24(2)18(22-14)17-12(20)5-4-6-13(17)21/h4-10H,1-3H3,(H,23,25). The van der Waals surface area contributed by atoms with Gasteiger partial charge >= 0.3 is 0 Å². The predicted molar refractivity (Wildman–Crippen MR) is 101 cm³/mol. The molecule has 1 heterocycles. The molecule has 0 saturated heterocycles. The topological polar surface area (TPSA) is 90.3 Å². The number of amides is 1. The van der Waals surface area contributed by atoms with Crippen molar-refractivity contribution in [2.24, 2.45) is 7.05 Å². The summed E-state index contributed by atoms with van der Waals surface area (Å²) in [7, 11) is -1.53. The zero-order valence-corrected chi connectivity index (χ0v) is 16.5. The van der Waals surface area contributed by atoms with Crippen molar-refractivity contribution in [2.75, 3.05) is 7.11 Å². The number of nitrogens with zero attached hydrogens (tertiary/aromatic N) is 2. The van der Waals surface area contributed by atoms with Gasteiger partial charge in [-0.3, -0.25) is 4.79 Å². The molecule has 1 amide bonds. The molecule has 3 aromatic rings. The van der Waals surface area contributed by atoms with Crippen LogP contribution >= 0.6 is 0 Å². The minimum absolute atomic E-state index is 0.0698. The molecule has 0 radical (unpaired) electrons. The number of sulfonamides is 1. The molecule has 1 N–H and O–H groups in total. The van der Waals surface area contributed by atoms with Gasteiger partial charge in [0.25, 0.3) is 15.9 Å². The number of halogens is 2. The second-order valence-electron chi connectivity index (χ2n) is 6.25. The monoisotopic (exact) mass is 421 g/mol. The summed E-state index contributed by atoms with van der Waals surface area (Å²) in [6, 6.07) is 7.69. The van der Waals surface area contributed by atoms with Crippen molar-refractivity contribution in [1.82, 2.24) is 14.3 Å². The smallest absolute Gasteiger partial charge is 0.285 e. The number of hydrogen-bond acceptors (Lipinski definition) is 5. The highest BCUT2D eigenvalue weighted by atomic mass is 32.2. The van der Waals surface area contributed by atoms with Crippen LogP contribution in [0.5, 0.6) is 5.75 Å². The number of aryl methyl sites for hydroxylation is 2. The van der Waals surface area contributed by atoms with E-state index in [4.69, 9.17) is 4.74 Å². The second kappa shape index (κ2) is 7.63. The van der Waals surface area contributed by atoms with Crippen molar-refractivity contribution in [3.05, 3.63) is 65.5 Å². The van der Waals surface area contributed by atoms with Crippen LogP contribution in [-0.4, -0.2) is 31.0 Å². The SMILES string of the molecule is COc1cc(C)ccc1S(=O)(=O)NC(=O)c1cn(C)c(-c2c(F)cccc2F)n1. The van der Waals surface area contributed by atoms with E-state index in [0.717, 1.165) is 17.7 Å². The Morgan fingerprint density at radius 1 is 1.17 bits per heavy atom. The van der Waals surface area contributed by atoms with Gasteiger partial charge in [-0.15, -0.1) is 0 Å². The van der Waals surface area contributed by atoms with Crippen molar-refractivity contribution in [1.29, 1.82) is 0 Å². The molecule has 152 valence electrons. The maximum absolute atomic E-state index is 14.0. The molecule has 7 nitrogen and oxygen atoms in total. The summed E-state index contributed by atoms with van der Waals surface area (Å²) in [5.74, 6) is -2.85. The first-order valence-corrected chi connectivity index (χ1v) is 9.82. The lowest BCUT2D eigenvalue weighted by atomic mass is 10.2. The average Bonchev–Trinajstić information content (AvgIpc) is 3.02. The number of aromatic nitrogens is 2. The minimum Gasteiger partial charge on any atom is -0.495 e. The van der Waals surface area contributed by atoms with E-state index in [1.807, 2.05) is 4.72 Å². The number of nitrogens with one attached hydrogen (secondary N) is 1. The summed E-state index contributed by atoms with van der Waals surface area (Å²) in [6.07, 6.45) is 1.18. The molecule has 0 spiro atoms. The number of carbonyl (C=O) groups is 1. The quantitative estimate of drug-likeness (QED) is 0.684. The molecule has 1 aromatic heterocycles. The Bertz CT molecular complexity index is 1190. The summed E-state index contributed by atoms with van der Waals surface area (Å²) in [6.45, 7) is 1.76. The third-order valence-electron chi connectivity index (χ3n) is 4.13. The van der Waals surface area contributed by atoms with E-state index in [0.29, 0.717) is 0 Å². The third-order valence-corrected chi connectivity index (χ3v) is 5.50. The Balaban J connectivity index is 1.95. The average molecular weight is 421 g/mol. The molecule has 0 unspecified atom stereocenters. The first-order chi connectivity index (χ1) is 13.6. The van der Waals surface area contributed by atoms with Crippen LogP contribution in [0, 0.1) is 18.6 Å². The van der Waals surface area contributed by atoms with Crippen LogP contribution in [0.2, 0.25) is 0 Å². The van der Waals surface area contributed by atoms with Crippen molar-refractivity contribution in [3.63, 3.8) is 0 Å². The van der Waals surface area contributed by atoms with E-state index in [2.05, 4.69) is 4.98 Å². The van der Waals surface area contributed by atoms with Gasteiger partial charge < -0.3 is 9.30 Å².